The van der Waals surface area contributed by atoms with Gasteiger partial charge in [-0.3, -0.25) is 4.79 Å². The Bertz CT molecular complexity index is 992. The molecule has 0 radical (unpaired) electrons. The molecule has 4 rings (SSSR count). The quantitative estimate of drug-likeness (QED) is 0.737. The highest BCUT2D eigenvalue weighted by Crippen LogP contribution is 2.40. The van der Waals surface area contributed by atoms with Gasteiger partial charge in [0.15, 0.2) is 11.0 Å². The maximum absolute atomic E-state index is 12.4. The Morgan fingerprint density at radius 3 is 2.52 bits per heavy atom. The van der Waals surface area contributed by atoms with Crippen LogP contribution in [-0.2, 0) is 4.79 Å². The number of benzene rings is 1. The first-order valence-corrected chi connectivity index (χ1v) is 9.30. The van der Waals surface area contributed by atoms with E-state index in [0.717, 1.165) is 16.8 Å². The lowest BCUT2D eigenvalue weighted by Crippen LogP contribution is -2.25. The summed E-state index contributed by atoms with van der Waals surface area (Å²) in [5.41, 5.74) is 4.27. The SMILES string of the molecule is Cc1nn(-c2ccc(Cl)nn2)c2c1[C@@H](c1ccc(C(C)C)cc1)CC(=O)N2. The summed E-state index contributed by atoms with van der Waals surface area (Å²) < 4.78 is 1.63. The summed E-state index contributed by atoms with van der Waals surface area (Å²) in [6.45, 7) is 6.29. The molecular formula is C20H20ClN5O. The average molecular weight is 382 g/mol. The van der Waals surface area contributed by atoms with Crippen LogP contribution in [0.25, 0.3) is 5.82 Å². The fraction of sp³-hybridized carbons (Fsp3) is 0.300. The zero-order chi connectivity index (χ0) is 19.1. The minimum Gasteiger partial charge on any atom is -0.310 e. The Morgan fingerprint density at radius 1 is 1.15 bits per heavy atom. The first kappa shape index (κ1) is 17.7. The normalized spacial score (nSPS) is 16.3. The van der Waals surface area contributed by atoms with Gasteiger partial charge in [-0.15, -0.1) is 10.2 Å². The number of carbonyl (C=O) groups excluding carboxylic acids is 1. The number of aromatic nitrogens is 4. The van der Waals surface area contributed by atoms with E-state index in [9.17, 15) is 4.79 Å². The van der Waals surface area contributed by atoms with E-state index in [1.54, 1.807) is 16.8 Å². The largest absolute Gasteiger partial charge is 0.310 e. The number of nitrogens with zero attached hydrogens (tertiary/aromatic N) is 4. The lowest BCUT2D eigenvalue weighted by molar-refractivity contribution is -0.116. The summed E-state index contributed by atoms with van der Waals surface area (Å²) in [5.74, 6) is 1.56. The van der Waals surface area contributed by atoms with Gasteiger partial charge < -0.3 is 5.32 Å². The van der Waals surface area contributed by atoms with Crippen molar-refractivity contribution in [2.24, 2.45) is 0 Å². The Labute approximate surface area is 162 Å². The van der Waals surface area contributed by atoms with Crippen molar-refractivity contribution < 1.29 is 4.79 Å². The number of nitrogens with one attached hydrogen (secondary N) is 1. The molecule has 1 aliphatic heterocycles. The van der Waals surface area contributed by atoms with Crippen LogP contribution < -0.4 is 5.32 Å². The number of amides is 1. The number of hydrogen-bond donors (Lipinski definition) is 1. The van der Waals surface area contributed by atoms with Gasteiger partial charge in [0.1, 0.15) is 5.82 Å². The van der Waals surface area contributed by atoms with Crippen LogP contribution in [0.1, 0.15) is 54.5 Å². The van der Waals surface area contributed by atoms with Crippen molar-refractivity contribution in [3.63, 3.8) is 0 Å². The second kappa shape index (κ2) is 6.78. The van der Waals surface area contributed by atoms with E-state index in [2.05, 4.69) is 58.7 Å². The van der Waals surface area contributed by atoms with Gasteiger partial charge in [-0.05, 0) is 36.1 Å². The van der Waals surface area contributed by atoms with E-state index in [-0.39, 0.29) is 11.8 Å². The highest BCUT2D eigenvalue weighted by Gasteiger charge is 2.32. The van der Waals surface area contributed by atoms with Crippen LogP contribution in [0.4, 0.5) is 5.82 Å². The highest BCUT2D eigenvalue weighted by molar-refractivity contribution is 6.29. The predicted molar refractivity (Wildman–Crippen MR) is 105 cm³/mol. The summed E-state index contributed by atoms with van der Waals surface area (Å²) in [6.07, 6.45) is 0.396. The van der Waals surface area contributed by atoms with Gasteiger partial charge in [0.2, 0.25) is 5.91 Å². The van der Waals surface area contributed by atoms with Crippen molar-refractivity contribution in [3.05, 3.63) is 63.9 Å². The summed E-state index contributed by atoms with van der Waals surface area (Å²) in [7, 11) is 0. The van der Waals surface area contributed by atoms with Crippen LogP contribution in [0.5, 0.6) is 0 Å². The molecule has 0 saturated heterocycles. The molecule has 0 saturated carbocycles. The summed E-state index contributed by atoms with van der Waals surface area (Å²) in [4.78, 5) is 12.4. The first-order valence-electron chi connectivity index (χ1n) is 8.93. The molecule has 1 atom stereocenters. The van der Waals surface area contributed by atoms with Crippen molar-refractivity contribution in [2.75, 3.05) is 5.32 Å². The van der Waals surface area contributed by atoms with Gasteiger partial charge in [-0.2, -0.15) is 9.78 Å². The number of carbonyl (C=O) groups is 1. The topological polar surface area (TPSA) is 72.7 Å². The summed E-state index contributed by atoms with van der Waals surface area (Å²) in [5, 5.41) is 15.8. The molecule has 27 heavy (non-hydrogen) atoms. The standard InChI is InChI=1S/C20H20ClN5O/c1-11(2)13-4-6-14(7-5-13)15-10-18(27)22-20-19(15)12(3)25-26(20)17-9-8-16(21)23-24-17/h4-9,11,15H,10H2,1-3H3,(H,22,27)/t15-/m1/s1. The van der Waals surface area contributed by atoms with Crippen molar-refractivity contribution >= 4 is 23.3 Å². The second-order valence-electron chi connectivity index (χ2n) is 7.10. The van der Waals surface area contributed by atoms with Crippen molar-refractivity contribution in [1.82, 2.24) is 20.0 Å². The van der Waals surface area contributed by atoms with Gasteiger partial charge in [-0.25, -0.2) is 0 Å². The van der Waals surface area contributed by atoms with Gasteiger partial charge in [0.05, 0.1) is 5.69 Å². The smallest absolute Gasteiger partial charge is 0.226 e. The molecule has 0 bridgehead atoms. The fourth-order valence-corrected chi connectivity index (χ4v) is 3.63. The third-order valence-corrected chi connectivity index (χ3v) is 5.14. The van der Waals surface area contributed by atoms with E-state index in [4.69, 9.17) is 11.6 Å². The third-order valence-electron chi connectivity index (χ3n) is 4.94. The fourth-order valence-electron chi connectivity index (χ4n) is 3.53. The van der Waals surface area contributed by atoms with E-state index in [0.29, 0.717) is 29.1 Å². The van der Waals surface area contributed by atoms with Crippen molar-refractivity contribution in [1.29, 1.82) is 0 Å². The van der Waals surface area contributed by atoms with Crippen molar-refractivity contribution in [2.45, 2.75) is 39.0 Å². The molecule has 7 heteroatoms. The number of fused-ring (bicyclic) bond motifs is 1. The minimum absolute atomic E-state index is 0.0380. The molecule has 0 aliphatic carbocycles. The molecule has 138 valence electrons. The maximum atomic E-state index is 12.4. The Balaban J connectivity index is 1.80. The average Bonchev–Trinajstić information content (AvgIpc) is 2.98. The van der Waals surface area contributed by atoms with Gasteiger partial charge >= 0.3 is 0 Å². The highest BCUT2D eigenvalue weighted by atomic mass is 35.5. The van der Waals surface area contributed by atoms with Crippen LogP contribution in [0.3, 0.4) is 0 Å². The Morgan fingerprint density at radius 2 is 1.89 bits per heavy atom. The number of halogens is 1. The number of hydrogen-bond acceptors (Lipinski definition) is 4. The van der Waals surface area contributed by atoms with Crippen LogP contribution in [0.15, 0.2) is 36.4 Å². The monoisotopic (exact) mass is 381 g/mol. The van der Waals surface area contributed by atoms with Gasteiger partial charge in [0.25, 0.3) is 0 Å². The minimum atomic E-state index is -0.0384. The lowest BCUT2D eigenvalue weighted by Gasteiger charge is -2.24. The molecule has 1 amide bonds. The summed E-state index contributed by atoms with van der Waals surface area (Å²) in [6, 6.07) is 11.9. The van der Waals surface area contributed by atoms with Gasteiger partial charge in [-0.1, -0.05) is 49.7 Å². The van der Waals surface area contributed by atoms with Crippen molar-refractivity contribution in [3.8, 4) is 5.82 Å². The molecule has 6 nitrogen and oxygen atoms in total. The molecular weight excluding hydrogens is 362 g/mol. The van der Waals surface area contributed by atoms with Gasteiger partial charge in [0, 0.05) is 17.9 Å². The molecule has 0 unspecified atom stereocenters. The molecule has 1 aliphatic rings. The Hall–Kier alpha value is -2.73. The first-order chi connectivity index (χ1) is 12.9. The maximum Gasteiger partial charge on any atom is 0.226 e. The third kappa shape index (κ3) is 3.21. The number of anilines is 1. The van der Waals surface area contributed by atoms with E-state index in [1.165, 1.54) is 5.56 Å². The lowest BCUT2D eigenvalue weighted by atomic mass is 9.85. The van der Waals surface area contributed by atoms with E-state index < -0.39 is 0 Å². The molecule has 1 aromatic carbocycles. The van der Waals surface area contributed by atoms with Crippen LogP contribution >= 0.6 is 11.6 Å². The van der Waals surface area contributed by atoms with E-state index >= 15 is 0 Å². The molecule has 1 N–H and O–H groups in total. The zero-order valence-electron chi connectivity index (χ0n) is 15.4. The summed E-state index contributed by atoms with van der Waals surface area (Å²) >= 11 is 5.84. The van der Waals surface area contributed by atoms with Crippen LogP contribution in [-0.4, -0.2) is 25.9 Å². The van der Waals surface area contributed by atoms with Crippen LogP contribution in [0.2, 0.25) is 5.15 Å². The molecule has 0 spiro atoms. The molecule has 2 aromatic heterocycles. The molecule has 3 heterocycles. The van der Waals surface area contributed by atoms with Crippen LogP contribution in [0, 0.1) is 6.92 Å². The molecule has 3 aromatic rings. The number of rotatable bonds is 3. The second-order valence-corrected chi connectivity index (χ2v) is 7.49. The Kier molecular flexibility index (Phi) is 4.44. The molecule has 0 fully saturated rings. The van der Waals surface area contributed by atoms with E-state index in [1.807, 2.05) is 6.92 Å². The number of aryl methyl sites for hydroxylation is 1. The predicted octanol–water partition coefficient (Wildman–Crippen LogP) is 4.22. The zero-order valence-corrected chi connectivity index (χ0v) is 16.2.